The number of aromatic nitrogens is 3. The first-order chi connectivity index (χ1) is 14.9. The van der Waals surface area contributed by atoms with Gasteiger partial charge in [0.15, 0.2) is 5.82 Å². The van der Waals surface area contributed by atoms with Crippen LogP contribution in [0.3, 0.4) is 0 Å². The first kappa shape index (κ1) is 19.3. The zero-order valence-electron chi connectivity index (χ0n) is 17.9. The highest BCUT2D eigenvalue weighted by atomic mass is 16.1. The van der Waals surface area contributed by atoms with Gasteiger partial charge in [0.2, 0.25) is 0 Å². The Morgan fingerprint density at radius 1 is 0.968 bits per heavy atom. The Kier molecular flexibility index (Phi) is 4.50. The lowest BCUT2D eigenvalue weighted by atomic mass is 10.1. The number of carbonyl (C=O) groups is 1. The Morgan fingerprint density at radius 3 is 2.52 bits per heavy atom. The minimum Gasteiger partial charge on any atom is -0.364 e. The highest BCUT2D eigenvalue weighted by molar-refractivity contribution is 6.00. The predicted octanol–water partition coefficient (Wildman–Crippen LogP) is 4.79. The molecule has 31 heavy (non-hydrogen) atoms. The zero-order valence-corrected chi connectivity index (χ0v) is 17.9. The largest absolute Gasteiger partial charge is 0.364 e. The number of fused-ring (bicyclic) bond motifs is 2. The number of para-hydroxylation sites is 1. The standard InChI is InChI=1S/C25H25N5O/c1-25(2,3)30-23-21(15-8-5-4-6-9-15)28-19-11-7-10-16(22(19)29-23)20-14-17-18(27-20)12-13-26-24(17)31/h4-11,14,27H,12-13H2,1-3H3,(H,26,31)(H,29,30). The van der Waals surface area contributed by atoms with E-state index in [-0.39, 0.29) is 11.4 Å². The van der Waals surface area contributed by atoms with Crippen molar-refractivity contribution >= 4 is 22.8 Å². The third-order valence-corrected chi connectivity index (χ3v) is 5.33. The van der Waals surface area contributed by atoms with Crippen LogP contribution in [0.5, 0.6) is 0 Å². The summed E-state index contributed by atoms with van der Waals surface area (Å²) in [6.07, 6.45) is 0.798. The first-order valence-electron chi connectivity index (χ1n) is 10.5. The number of nitrogens with zero attached hydrogens (tertiary/aromatic N) is 2. The van der Waals surface area contributed by atoms with Crippen molar-refractivity contribution in [2.24, 2.45) is 0 Å². The van der Waals surface area contributed by atoms with E-state index >= 15 is 0 Å². The van der Waals surface area contributed by atoms with Gasteiger partial charge in [-0.2, -0.15) is 0 Å². The van der Waals surface area contributed by atoms with Gasteiger partial charge in [-0.15, -0.1) is 0 Å². The predicted molar refractivity (Wildman–Crippen MR) is 124 cm³/mol. The number of amides is 1. The van der Waals surface area contributed by atoms with E-state index in [1.54, 1.807) is 0 Å². The molecule has 3 N–H and O–H groups in total. The molecule has 1 aliphatic heterocycles. The fourth-order valence-electron chi connectivity index (χ4n) is 3.97. The second kappa shape index (κ2) is 7.23. The zero-order chi connectivity index (χ0) is 21.6. The molecule has 2 aromatic carbocycles. The van der Waals surface area contributed by atoms with Gasteiger partial charge in [0, 0.05) is 41.0 Å². The molecule has 6 heteroatoms. The molecule has 6 nitrogen and oxygen atoms in total. The summed E-state index contributed by atoms with van der Waals surface area (Å²) in [5.41, 5.74) is 6.77. The Bertz CT molecular complexity index is 1280. The fourth-order valence-corrected chi connectivity index (χ4v) is 3.97. The molecule has 0 spiro atoms. The van der Waals surface area contributed by atoms with E-state index in [2.05, 4.69) is 36.4 Å². The van der Waals surface area contributed by atoms with Crippen LogP contribution in [-0.2, 0) is 6.42 Å². The van der Waals surface area contributed by atoms with Crippen molar-refractivity contribution in [2.75, 3.05) is 11.9 Å². The van der Waals surface area contributed by atoms with Crippen molar-refractivity contribution in [3.8, 4) is 22.5 Å². The average molecular weight is 412 g/mol. The molecule has 0 saturated carbocycles. The molecular weight excluding hydrogens is 386 g/mol. The van der Waals surface area contributed by atoms with E-state index in [0.717, 1.165) is 51.5 Å². The van der Waals surface area contributed by atoms with Crippen LogP contribution in [0, 0.1) is 0 Å². The Labute approximate surface area is 181 Å². The summed E-state index contributed by atoms with van der Waals surface area (Å²) in [5.74, 6) is 0.712. The number of aromatic amines is 1. The fraction of sp³-hybridized carbons (Fsp3) is 0.240. The van der Waals surface area contributed by atoms with Crippen molar-refractivity contribution in [3.63, 3.8) is 0 Å². The molecular formula is C25H25N5O. The number of hydrogen-bond donors (Lipinski definition) is 3. The SMILES string of the molecule is CC(C)(C)Nc1nc2c(-c3cc4c([nH]3)CCNC4=O)cccc2nc1-c1ccccc1. The summed E-state index contributed by atoms with van der Waals surface area (Å²) < 4.78 is 0. The van der Waals surface area contributed by atoms with E-state index < -0.39 is 0 Å². The lowest BCUT2D eigenvalue weighted by Gasteiger charge is -2.23. The maximum absolute atomic E-state index is 12.2. The van der Waals surface area contributed by atoms with Gasteiger partial charge in [-0.1, -0.05) is 42.5 Å². The van der Waals surface area contributed by atoms with Crippen molar-refractivity contribution < 1.29 is 4.79 Å². The van der Waals surface area contributed by atoms with Crippen molar-refractivity contribution in [2.45, 2.75) is 32.7 Å². The summed E-state index contributed by atoms with van der Waals surface area (Å²) in [7, 11) is 0. The lowest BCUT2D eigenvalue weighted by Crippen LogP contribution is -2.31. The second-order valence-electron chi connectivity index (χ2n) is 8.92. The molecule has 4 aromatic rings. The molecule has 0 saturated heterocycles. The number of hydrogen-bond acceptors (Lipinski definition) is 4. The van der Waals surface area contributed by atoms with Crippen molar-refractivity contribution in [1.29, 1.82) is 0 Å². The Balaban J connectivity index is 1.71. The van der Waals surface area contributed by atoms with E-state index in [1.807, 2.05) is 54.6 Å². The van der Waals surface area contributed by atoms with Gasteiger partial charge in [0.25, 0.3) is 5.91 Å². The molecule has 5 rings (SSSR count). The van der Waals surface area contributed by atoms with Gasteiger partial charge >= 0.3 is 0 Å². The van der Waals surface area contributed by atoms with E-state index in [0.29, 0.717) is 12.1 Å². The lowest BCUT2D eigenvalue weighted by molar-refractivity contribution is 0.0946. The maximum atomic E-state index is 12.2. The smallest absolute Gasteiger partial charge is 0.253 e. The molecule has 1 amide bonds. The topological polar surface area (TPSA) is 82.7 Å². The summed E-state index contributed by atoms with van der Waals surface area (Å²) in [4.78, 5) is 25.7. The van der Waals surface area contributed by atoms with Crippen LogP contribution in [-0.4, -0.2) is 32.9 Å². The van der Waals surface area contributed by atoms with Crippen LogP contribution in [0.2, 0.25) is 0 Å². The Morgan fingerprint density at radius 2 is 1.77 bits per heavy atom. The van der Waals surface area contributed by atoms with Gasteiger partial charge in [-0.05, 0) is 32.9 Å². The van der Waals surface area contributed by atoms with Crippen LogP contribution in [0.4, 0.5) is 5.82 Å². The number of carbonyl (C=O) groups excluding carboxylic acids is 1. The highest BCUT2D eigenvalue weighted by Crippen LogP contribution is 2.34. The van der Waals surface area contributed by atoms with Crippen LogP contribution in [0.1, 0.15) is 36.8 Å². The Hall–Kier alpha value is -3.67. The molecule has 0 unspecified atom stereocenters. The number of H-pyrrole nitrogens is 1. The normalized spacial score (nSPS) is 13.7. The van der Waals surface area contributed by atoms with Gasteiger partial charge in [-0.25, -0.2) is 9.97 Å². The molecule has 2 aromatic heterocycles. The third-order valence-electron chi connectivity index (χ3n) is 5.33. The summed E-state index contributed by atoms with van der Waals surface area (Å²) in [6, 6.07) is 18.0. The van der Waals surface area contributed by atoms with E-state index in [1.165, 1.54) is 0 Å². The van der Waals surface area contributed by atoms with Crippen LogP contribution >= 0.6 is 0 Å². The van der Waals surface area contributed by atoms with Crippen LogP contribution < -0.4 is 10.6 Å². The minimum absolute atomic E-state index is 0.0310. The first-order valence-corrected chi connectivity index (χ1v) is 10.5. The molecule has 3 heterocycles. The maximum Gasteiger partial charge on any atom is 0.253 e. The molecule has 156 valence electrons. The van der Waals surface area contributed by atoms with Gasteiger partial charge in [-0.3, -0.25) is 4.79 Å². The van der Waals surface area contributed by atoms with Gasteiger partial charge in [0.05, 0.1) is 11.1 Å². The van der Waals surface area contributed by atoms with Crippen molar-refractivity contribution in [1.82, 2.24) is 20.3 Å². The van der Waals surface area contributed by atoms with Gasteiger partial charge < -0.3 is 15.6 Å². The number of benzene rings is 2. The molecule has 0 bridgehead atoms. The van der Waals surface area contributed by atoms with E-state index in [9.17, 15) is 4.79 Å². The van der Waals surface area contributed by atoms with E-state index in [4.69, 9.17) is 9.97 Å². The van der Waals surface area contributed by atoms with Crippen molar-refractivity contribution in [3.05, 3.63) is 65.9 Å². The minimum atomic E-state index is -0.176. The number of rotatable bonds is 3. The molecule has 0 aliphatic carbocycles. The molecule has 0 atom stereocenters. The highest BCUT2D eigenvalue weighted by Gasteiger charge is 2.22. The van der Waals surface area contributed by atoms with Crippen LogP contribution in [0.15, 0.2) is 54.6 Å². The summed E-state index contributed by atoms with van der Waals surface area (Å²) >= 11 is 0. The third kappa shape index (κ3) is 3.65. The van der Waals surface area contributed by atoms with Gasteiger partial charge in [0.1, 0.15) is 11.2 Å². The average Bonchev–Trinajstić information content (AvgIpc) is 3.18. The number of anilines is 1. The summed E-state index contributed by atoms with van der Waals surface area (Å²) in [6.45, 7) is 6.98. The number of nitrogens with one attached hydrogen (secondary N) is 3. The molecule has 0 fully saturated rings. The van der Waals surface area contributed by atoms with Crippen LogP contribution in [0.25, 0.3) is 33.5 Å². The monoisotopic (exact) mass is 411 g/mol. The second-order valence-corrected chi connectivity index (χ2v) is 8.92. The summed E-state index contributed by atoms with van der Waals surface area (Å²) in [5, 5.41) is 6.43. The molecule has 0 radical (unpaired) electrons. The molecule has 1 aliphatic rings. The quantitative estimate of drug-likeness (QED) is 0.453.